The van der Waals surface area contributed by atoms with Crippen molar-refractivity contribution in [3.8, 4) is 17.2 Å². The Bertz CT molecular complexity index is 985. The summed E-state index contributed by atoms with van der Waals surface area (Å²) in [6, 6.07) is 24.8. The first-order chi connectivity index (χ1) is 15.7. The average molecular weight is 433 g/mol. The summed E-state index contributed by atoms with van der Waals surface area (Å²) in [6.45, 7) is 3.57. The second-order valence-electron chi connectivity index (χ2n) is 7.59. The highest BCUT2D eigenvalue weighted by Crippen LogP contribution is 2.24. The zero-order valence-corrected chi connectivity index (χ0v) is 18.2. The van der Waals surface area contributed by atoms with Crippen LogP contribution in [0.3, 0.4) is 0 Å². The predicted molar refractivity (Wildman–Crippen MR) is 123 cm³/mol. The molecule has 1 heterocycles. The van der Waals surface area contributed by atoms with Gasteiger partial charge in [-0.05, 0) is 54.1 Å². The van der Waals surface area contributed by atoms with E-state index in [0.717, 1.165) is 30.2 Å². The van der Waals surface area contributed by atoms with Crippen molar-refractivity contribution in [2.75, 3.05) is 40.0 Å². The topological polar surface area (TPSA) is 60.0 Å². The number of morpholine rings is 1. The summed E-state index contributed by atoms with van der Waals surface area (Å²) in [5, 5.41) is 3.10. The van der Waals surface area contributed by atoms with E-state index in [9.17, 15) is 4.79 Å². The zero-order chi connectivity index (χ0) is 22.2. The van der Waals surface area contributed by atoms with Gasteiger partial charge in [-0.15, -0.1) is 0 Å². The van der Waals surface area contributed by atoms with Crippen LogP contribution in [-0.2, 0) is 4.74 Å². The molecule has 0 bridgehead atoms. The van der Waals surface area contributed by atoms with Crippen LogP contribution in [-0.4, -0.2) is 50.8 Å². The lowest BCUT2D eigenvalue weighted by atomic mass is 10.0. The van der Waals surface area contributed by atoms with Gasteiger partial charge in [-0.25, -0.2) is 0 Å². The quantitative estimate of drug-likeness (QED) is 0.575. The molecule has 166 valence electrons. The molecule has 32 heavy (non-hydrogen) atoms. The van der Waals surface area contributed by atoms with E-state index in [1.165, 1.54) is 0 Å². The third kappa shape index (κ3) is 5.66. The summed E-state index contributed by atoms with van der Waals surface area (Å²) in [5.41, 5.74) is 1.74. The van der Waals surface area contributed by atoms with Crippen molar-refractivity contribution in [3.63, 3.8) is 0 Å². The highest BCUT2D eigenvalue weighted by Gasteiger charge is 2.23. The molecule has 1 atom stereocenters. The molecular weight excluding hydrogens is 404 g/mol. The number of ether oxygens (including phenoxy) is 3. The zero-order valence-electron chi connectivity index (χ0n) is 18.2. The number of methoxy groups -OCH3 is 1. The van der Waals surface area contributed by atoms with E-state index in [1.807, 2.05) is 54.6 Å². The van der Waals surface area contributed by atoms with E-state index in [0.29, 0.717) is 31.1 Å². The molecule has 0 saturated carbocycles. The Morgan fingerprint density at radius 2 is 1.53 bits per heavy atom. The minimum atomic E-state index is -0.108. The fourth-order valence-electron chi connectivity index (χ4n) is 3.76. The van der Waals surface area contributed by atoms with E-state index in [1.54, 1.807) is 19.2 Å². The maximum Gasteiger partial charge on any atom is 0.251 e. The van der Waals surface area contributed by atoms with Crippen molar-refractivity contribution in [1.29, 1.82) is 0 Å². The number of hydrogen-bond donors (Lipinski definition) is 1. The lowest BCUT2D eigenvalue weighted by Gasteiger charge is -2.35. The number of nitrogens with one attached hydrogen (secondary N) is 1. The van der Waals surface area contributed by atoms with Crippen molar-refractivity contribution >= 4 is 5.91 Å². The van der Waals surface area contributed by atoms with Gasteiger partial charge in [0.25, 0.3) is 5.91 Å². The van der Waals surface area contributed by atoms with Gasteiger partial charge in [0.05, 0.1) is 26.4 Å². The predicted octanol–water partition coefficient (Wildman–Crippen LogP) is 4.29. The summed E-state index contributed by atoms with van der Waals surface area (Å²) < 4.78 is 16.6. The molecule has 6 heteroatoms. The van der Waals surface area contributed by atoms with Crippen LogP contribution in [0.15, 0.2) is 78.9 Å². The van der Waals surface area contributed by atoms with Gasteiger partial charge in [0.2, 0.25) is 0 Å². The number of carbonyl (C=O) groups is 1. The van der Waals surface area contributed by atoms with Crippen molar-refractivity contribution < 1.29 is 19.0 Å². The van der Waals surface area contributed by atoms with Gasteiger partial charge in [0, 0.05) is 25.2 Å². The van der Waals surface area contributed by atoms with Crippen LogP contribution in [0.25, 0.3) is 0 Å². The molecule has 1 saturated heterocycles. The Labute approximate surface area is 188 Å². The van der Waals surface area contributed by atoms with Crippen LogP contribution >= 0.6 is 0 Å². The number of rotatable bonds is 8. The summed E-state index contributed by atoms with van der Waals surface area (Å²) >= 11 is 0. The molecule has 3 aromatic carbocycles. The summed E-state index contributed by atoms with van der Waals surface area (Å²) in [6.07, 6.45) is 0. The first-order valence-electron chi connectivity index (χ1n) is 10.8. The second kappa shape index (κ2) is 10.8. The molecular formula is C26H28N2O4. The molecule has 4 rings (SSSR count). The van der Waals surface area contributed by atoms with E-state index >= 15 is 0 Å². The first-order valence-corrected chi connectivity index (χ1v) is 10.8. The van der Waals surface area contributed by atoms with Gasteiger partial charge in [0.1, 0.15) is 17.2 Å². The molecule has 6 nitrogen and oxygen atoms in total. The van der Waals surface area contributed by atoms with Crippen LogP contribution in [0, 0.1) is 0 Å². The highest BCUT2D eigenvalue weighted by molar-refractivity contribution is 5.94. The lowest BCUT2D eigenvalue weighted by Crippen LogP contribution is -2.43. The Hall–Kier alpha value is -3.35. The molecule has 0 radical (unpaired) electrons. The Morgan fingerprint density at radius 1 is 0.906 bits per heavy atom. The van der Waals surface area contributed by atoms with Crippen molar-refractivity contribution in [2.24, 2.45) is 0 Å². The fraction of sp³-hybridized carbons (Fsp3) is 0.269. The minimum absolute atomic E-state index is 0.0643. The molecule has 1 fully saturated rings. The van der Waals surface area contributed by atoms with Crippen LogP contribution in [0.2, 0.25) is 0 Å². The largest absolute Gasteiger partial charge is 0.497 e. The summed E-state index contributed by atoms with van der Waals surface area (Å²) in [4.78, 5) is 15.2. The van der Waals surface area contributed by atoms with Gasteiger partial charge in [-0.1, -0.05) is 30.3 Å². The minimum Gasteiger partial charge on any atom is -0.497 e. The molecule has 1 N–H and O–H groups in total. The van der Waals surface area contributed by atoms with Crippen molar-refractivity contribution in [3.05, 3.63) is 90.0 Å². The molecule has 3 aromatic rings. The highest BCUT2D eigenvalue weighted by atomic mass is 16.5. The van der Waals surface area contributed by atoms with Gasteiger partial charge in [-0.2, -0.15) is 0 Å². The van der Waals surface area contributed by atoms with Crippen LogP contribution in [0.4, 0.5) is 0 Å². The van der Waals surface area contributed by atoms with Crippen molar-refractivity contribution in [2.45, 2.75) is 6.04 Å². The van der Waals surface area contributed by atoms with Gasteiger partial charge in [0.15, 0.2) is 0 Å². The maximum absolute atomic E-state index is 12.8. The molecule has 1 aliphatic rings. The van der Waals surface area contributed by atoms with E-state index in [2.05, 4.69) is 22.3 Å². The number of benzene rings is 3. The summed E-state index contributed by atoms with van der Waals surface area (Å²) in [7, 11) is 1.66. The normalized spacial score (nSPS) is 15.0. The van der Waals surface area contributed by atoms with Gasteiger partial charge in [-0.3, -0.25) is 9.69 Å². The number of para-hydroxylation sites is 1. The van der Waals surface area contributed by atoms with E-state index < -0.39 is 0 Å². The number of hydrogen-bond acceptors (Lipinski definition) is 5. The number of nitrogens with zero attached hydrogens (tertiary/aromatic N) is 1. The van der Waals surface area contributed by atoms with E-state index in [-0.39, 0.29) is 11.9 Å². The van der Waals surface area contributed by atoms with Gasteiger partial charge >= 0.3 is 0 Å². The molecule has 0 aliphatic carbocycles. The molecule has 1 aliphatic heterocycles. The SMILES string of the molecule is COc1ccc(C(CNC(=O)c2ccc(Oc3ccccc3)cc2)N2CCOCC2)cc1. The first kappa shape index (κ1) is 21.9. The maximum atomic E-state index is 12.8. The molecule has 0 spiro atoms. The summed E-state index contributed by atoms with van der Waals surface area (Å²) in [5.74, 6) is 2.16. The Balaban J connectivity index is 1.40. The van der Waals surface area contributed by atoms with Crippen LogP contribution in [0.1, 0.15) is 22.0 Å². The third-order valence-corrected chi connectivity index (χ3v) is 5.54. The monoisotopic (exact) mass is 432 g/mol. The second-order valence-corrected chi connectivity index (χ2v) is 7.59. The molecule has 1 unspecified atom stereocenters. The fourth-order valence-corrected chi connectivity index (χ4v) is 3.76. The average Bonchev–Trinajstić information content (AvgIpc) is 2.86. The van der Waals surface area contributed by atoms with Gasteiger partial charge < -0.3 is 19.5 Å². The molecule has 0 aromatic heterocycles. The van der Waals surface area contributed by atoms with Crippen LogP contribution < -0.4 is 14.8 Å². The number of carbonyl (C=O) groups excluding carboxylic acids is 1. The Morgan fingerprint density at radius 3 is 2.19 bits per heavy atom. The van der Waals surface area contributed by atoms with Crippen molar-refractivity contribution in [1.82, 2.24) is 10.2 Å². The standard InChI is InChI=1S/C26H28N2O4/c1-30-22-11-7-20(8-12-22)25(28-15-17-31-18-16-28)19-27-26(29)21-9-13-24(14-10-21)32-23-5-3-2-4-6-23/h2-14,25H,15-19H2,1H3,(H,27,29). The third-order valence-electron chi connectivity index (χ3n) is 5.54. The van der Waals surface area contributed by atoms with Crippen LogP contribution in [0.5, 0.6) is 17.2 Å². The number of amides is 1. The lowest BCUT2D eigenvalue weighted by molar-refractivity contribution is 0.0162. The van der Waals surface area contributed by atoms with E-state index in [4.69, 9.17) is 14.2 Å². The smallest absolute Gasteiger partial charge is 0.251 e. The molecule has 1 amide bonds. The Kier molecular flexibility index (Phi) is 7.38.